The molecule has 0 aliphatic heterocycles. The van der Waals surface area contributed by atoms with Crippen LogP contribution in [0.15, 0.2) is 41.3 Å². The molecule has 1 fully saturated rings. The first-order valence-corrected chi connectivity index (χ1v) is 10.1. The molecule has 2 aromatic rings. The van der Waals surface area contributed by atoms with E-state index < -0.39 is 31.3 Å². The molecule has 150 valence electrons. The van der Waals surface area contributed by atoms with Gasteiger partial charge in [-0.25, -0.2) is 12.8 Å². The molecule has 1 aliphatic carbocycles. The molecule has 1 aliphatic rings. The lowest BCUT2D eigenvalue weighted by Crippen LogP contribution is -2.17. The van der Waals surface area contributed by atoms with Crippen LogP contribution in [-0.2, 0) is 10.0 Å². The monoisotopic (exact) mass is 410 g/mol. The Morgan fingerprint density at radius 1 is 1.18 bits per heavy atom. The Labute approximate surface area is 161 Å². The van der Waals surface area contributed by atoms with Crippen LogP contribution in [0.2, 0.25) is 0 Å². The lowest BCUT2D eigenvalue weighted by molar-refractivity contribution is -0.386. The standard InChI is InChI=1S/C18H19FN2O6S/c1-26-17-10-13(19)18(11-15(17)21(22)23)28(24,25)20-14-8-4-5-9-16(14)27-12-6-2-3-7-12/h4-5,8-12,20H,2-3,6-7H2,1H3. The zero-order valence-electron chi connectivity index (χ0n) is 15.1. The average Bonchev–Trinajstić information content (AvgIpc) is 3.15. The van der Waals surface area contributed by atoms with Crippen LogP contribution in [0.1, 0.15) is 25.7 Å². The first-order valence-electron chi connectivity index (χ1n) is 8.62. The minimum absolute atomic E-state index is 0.00976. The van der Waals surface area contributed by atoms with Gasteiger partial charge in [-0.3, -0.25) is 14.8 Å². The van der Waals surface area contributed by atoms with Crippen molar-refractivity contribution in [3.8, 4) is 11.5 Å². The molecule has 0 bridgehead atoms. The highest BCUT2D eigenvalue weighted by Gasteiger charge is 2.28. The molecule has 28 heavy (non-hydrogen) atoms. The van der Waals surface area contributed by atoms with E-state index in [2.05, 4.69) is 4.72 Å². The SMILES string of the molecule is COc1cc(F)c(S(=O)(=O)Nc2ccccc2OC2CCCC2)cc1[N+](=O)[O-]. The van der Waals surface area contributed by atoms with Gasteiger partial charge in [-0.15, -0.1) is 0 Å². The largest absolute Gasteiger partial charge is 0.490 e. The molecule has 0 aromatic heterocycles. The van der Waals surface area contributed by atoms with Crippen LogP contribution in [0, 0.1) is 15.9 Å². The number of halogens is 1. The summed E-state index contributed by atoms with van der Waals surface area (Å²) in [4.78, 5) is 9.45. The smallest absolute Gasteiger partial charge is 0.312 e. The number of methoxy groups -OCH3 is 1. The zero-order chi connectivity index (χ0) is 20.3. The number of nitrogens with one attached hydrogen (secondary N) is 1. The van der Waals surface area contributed by atoms with Crippen LogP contribution in [0.25, 0.3) is 0 Å². The third-order valence-corrected chi connectivity index (χ3v) is 5.83. The maximum Gasteiger partial charge on any atom is 0.312 e. The van der Waals surface area contributed by atoms with Gasteiger partial charge in [0.15, 0.2) is 5.75 Å². The fraction of sp³-hybridized carbons (Fsp3) is 0.333. The summed E-state index contributed by atoms with van der Waals surface area (Å²) in [5, 5.41) is 11.1. The molecule has 0 saturated heterocycles. The molecule has 0 spiro atoms. The fourth-order valence-corrected chi connectivity index (χ4v) is 4.23. The van der Waals surface area contributed by atoms with E-state index in [4.69, 9.17) is 9.47 Å². The highest BCUT2D eigenvalue weighted by atomic mass is 32.2. The molecule has 0 unspecified atom stereocenters. The van der Waals surface area contributed by atoms with Crippen LogP contribution in [0.4, 0.5) is 15.8 Å². The van der Waals surface area contributed by atoms with Gasteiger partial charge in [0.25, 0.3) is 10.0 Å². The van der Waals surface area contributed by atoms with Gasteiger partial charge in [-0.2, -0.15) is 0 Å². The number of anilines is 1. The Morgan fingerprint density at radius 2 is 1.86 bits per heavy atom. The summed E-state index contributed by atoms with van der Waals surface area (Å²) in [6.45, 7) is 0. The van der Waals surface area contributed by atoms with E-state index in [1.807, 2.05) is 0 Å². The Morgan fingerprint density at radius 3 is 2.50 bits per heavy atom. The minimum atomic E-state index is -4.45. The Hall–Kier alpha value is -2.88. The second kappa shape index (κ2) is 8.01. The number of para-hydroxylation sites is 2. The normalized spacial score (nSPS) is 14.6. The number of nitrogens with zero attached hydrogens (tertiary/aromatic N) is 1. The number of nitro groups is 1. The van der Waals surface area contributed by atoms with E-state index >= 15 is 0 Å². The third kappa shape index (κ3) is 4.16. The molecule has 0 radical (unpaired) electrons. The topological polar surface area (TPSA) is 108 Å². The fourth-order valence-electron chi connectivity index (χ4n) is 3.08. The predicted molar refractivity (Wildman–Crippen MR) is 99.7 cm³/mol. The predicted octanol–water partition coefficient (Wildman–Crippen LogP) is 3.86. The molecule has 10 heteroatoms. The first-order chi connectivity index (χ1) is 13.3. The van der Waals surface area contributed by atoms with Crippen LogP contribution in [0.5, 0.6) is 11.5 Å². The first kappa shape index (κ1) is 19.9. The van der Waals surface area contributed by atoms with Gasteiger partial charge in [0, 0.05) is 12.1 Å². The molecule has 2 aromatic carbocycles. The van der Waals surface area contributed by atoms with Crippen molar-refractivity contribution >= 4 is 21.4 Å². The minimum Gasteiger partial charge on any atom is -0.490 e. The molecule has 8 nitrogen and oxygen atoms in total. The van der Waals surface area contributed by atoms with E-state index in [0.717, 1.165) is 32.8 Å². The summed E-state index contributed by atoms with van der Waals surface area (Å²) in [5.74, 6) is -1.21. The maximum absolute atomic E-state index is 14.4. The Kier molecular flexibility index (Phi) is 5.68. The second-order valence-corrected chi connectivity index (χ2v) is 7.99. The lowest BCUT2D eigenvalue weighted by Gasteiger charge is -2.17. The van der Waals surface area contributed by atoms with E-state index in [-0.39, 0.29) is 17.5 Å². The molecule has 1 N–H and O–H groups in total. The van der Waals surface area contributed by atoms with E-state index in [1.54, 1.807) is 18.2 Å². The molecular formula is C18H19FN2O6S. The van der Waals surface area contributed by atoms with Crippen LogP contribution >= 0.6 is 0 Å². The van der Waals surface area contributed by atoms with E-state index in [9.17, 15) is 22.9 Å². The summed E-state index contributed by atoms with van der Waals surface area (Å²) in [6.07, 6.45) is 3.82. The molecule has 0 heterocycles. The number of hydrogen-bond acceptors (Lipinski definition) is 6. The second-order valence-electron chi connectivity index (χ2n) is 6.34. The van der Waals surface area contributed by atoms with Gasteiger partial charge in [0.2, 0.25) is 0 Å². The van der Waals surface area contributed by atoms with Crippen molar-refractivity contribution in [2.75, 3.05) is 11.8 Å². The quantitative estimate of drug-likeness (QED) is 0.548. The number of nitro benzene ring substituents is 1. The van der Waals surface area contributed by atoms with Crippen molar-refractivity contribution in [3.63, 3.8) is 0 Å². The Bertz CT molecular complexity index is 990. The number of benzene rings is 2. The zero-order valence-corrected chi connectivity index (χ0v) is 15.9. The summed E-state index contributed by atoms with van der Waals surface area (Å²) >= 11 is 0. The molecule has 0 atom stereocenters. The van der Waals surface area contributed by atoms with E-state index in [0.29, 0.717) is 17.9 Å². The molecule has 0 amide bonds. The van der Waals surface area contributed by atoms with Crippen LogP contribution in [-0.4, -0.2) is 26.6 Å². The van der Waals surface area contributed by atoms with Gasteiger partial charge in [-0.05, 0) is 37.8 Å². The summed E-state index contributed by atoms with van der Waals surface area (Å²) < 4.78 is 52.7. The van der Waals surface area contributed by atoms with Crippen molar-refractivity contribution in [2.45, 2.75) is 36.7 Å². The summed E-state index contributed by atoms with van der Waals surface area (Å²) in [6, 6.07) is 7.71. The van der Waals surface area contributed by atoms with Crippen molar-refractivity contribution in [1.82, 2.24) is 0 Å². The van der Waals surface area contributed by atoms with Crippen molar-refractivity contribution < 1.29 is 27.2 Å². The van der Waals surface area contributed by atoms with Gasteiger partial charge < -0.3 is 9.47 Å². The lowest BCUT2D eigenvalue weighted by atomic mass is 10.2. The number of sulfonamides is 1. The van der Waals surface area contributed by atoms with Crippen LogP contribution < -0.4 is 14.2 Å². The highest BCUT2D eigenvalue weighted by molar-refractivity contribution is 7.92. The highest BCUT2D eigenvalue weighted by Crippen LogP contribution is 2.35. The van der Waals surface area contributed by atoms with Crippen molar-refractivity contribution in [2.24, 2.45) is 0 Å². The van der Waals surface area contributed by atoms with Crippen molar-refractivity contribution in [3.05, 3.63) is 52.3 Å². The maximum atomic E-state index is 14.4. The summed E-state index contributed by atoms with van der Waals surface area (Å²) in [5.41, 5.74) is -0.521. The van der Waals surface area contributed by atoms with Crippen molar-refractivity contribution in [1.29, 1.82) is 0 Å². The number of hydrogen-bond donors (Lipinski definition) is 1. The van der Waals surface area contributed by atoms with Gasteiger partial charge in [-0.1, -0.05) is 12.1 Å². The average molecular weight is 410 g/mol. The van der Waals surface area contributed by atoms with Crippen LogP contribution in [0.3, 0.4) is 0 Å². The number of rotatable bonds is 7. The molecular weight excluding hydrogens is 391 g/mol. The third-order valence-electron chi connectivity index (χ3n) is 4.45. The molecule has 3 rings (SSSR count). The van der Waals surface area contributed by atoms with E-state index in [1.165, 1.54) is 6.07 Å². The molecule has 1 saturated carbocycles. The van der Waals surface area contributed by atoms with Gasteiger partial charge in [0.1, 0.15) is 16.5 Å². The summed E-state index contributed by atoms with van der Waals surface area (Å²) in [7, 11) is -3.32. The van der Waals surface area contributed by atoms with Gasteiger partial charge >= 0.3 is 5.69 Å². The number of ether oxygens (including phenoxy) is 2. The Balaban J connectivity index is 1.95. The van der Waals surface area contributed by atoms with Gasteiger partial charge in [0.05, 0.1) is 23.8 Å².